The summed E-state index contributed by atoms with van der Waals surface area (Å²) in [5.74, 6) is -0.182. The summed E-state index contributed by atoms with van der Waals surface area (Å²) in [4.78, 5) is 16.5. The molecule has 22 heavy (non-hydrogen) atoms. The van der Waals surface area contributed by atoms with Crippen LogP contribution in [0.3, 0.4) is 0 Å². The van der Waals surface area contributed by atoms with E-state index in [9.17, 15) is 4.79 Å². The zero-order valence-electron chi connectivity index (χ0n) is 14.1. The van der Waals surface area contributed by atoms with Crippen molar-refractivity contribution in [3.63, 3.8) is 0 Å². The monoisotopic (exact) mass is 325 g/mol. The number of thiazole rings is 1. The summed E-state index contributed by atoms with van der Waals surface area (Å²) < 4.78 is 11.5. The molecule has 1 saturated carbocycles. The van der Waals surface area contributed by atoms with Gasteiger partial charge in [-0.05, 0) is 12.8 Å². The van der Waals surface area contributed by atoms with Crippen molar-refractivity contribution in [2.24, 2.45) is 5.41 Å². The van der Waals surface area contributed by atoms with Gasteiger partial charge in [-0.2, -0.15) is 0 Å². The Hall–Kier alpha value is -0.940. The lowest BCUT2D eigenvalue weighted by Crippen LogP contribution is -2.56. The number of carbonyl (C=O) groups excluding carboxylic acids is 1. The van der Waals surface area contributed by atoms with Gasteiger partial charge in [0.25, 0.3) is 0 Å². The maximum Gasteiger partial charge on any atom is 0.312 e. The molecule has 0 spiro atoms. The number of ether oxygens (including phenoxy) is 2. The normalized spacial score (nSPS) is 23.1. The van der Waals surface area contributed by atoms with Crippen LogP contribution in [0.15, 0.2) is 5.38 Å². The summed E-state index contributed by atoms with van der Waals surface area (Å²) in [6.45, 7) is 9.24. The molecule has 0 radical (unpaired) electrons. The van der Waals surface area contributed by atoms with Crippen LogP contribution in [-0.4, -0.2) is 29.8 Å². The highest BCUT2D eigenvalue weighted by molar-refractivity contribution is 7.09. The molecule has 1 heterocycles. The van der Waals surface area contributed by atoms with E-state index in [1.807, 2.05) is 5.38 Å². The molecule has 1 fully saturated rings. The topological polar surface area (TPSA) is 48.4 Å². The highest BCUT2D eigenvalue weighted by Crippen LogP contribution is 2.45. The highest BCUT2D eigenvalue weighted by Gasteiger charge is 2.51. The zero-order valence-corrected chi connectivity index (χ0v) is 14.9. The first-order valence-electron chi connectivity index (χ1n) is 8.21. The van der Waals surface area contributed by atoms with Crippen molar-refractivity contribution in [2.45, 2.75) is 72.0 Å². The van der Waals surface area contributed by atoms with Gasteiger partial charge in [-0.3, -0.25) is 4.79 Å². The van der Waals surface area contributed by atoms with Crippen LogP contribution in [0.25, 0.3) is 0 Å². The Labute approximate surface area is 137 Å². The van der Waals surface area contributed by atoms with Gasteiger partial charge in [0, 0.05) is 23.8 Å². The van der Waals surface area contributed by atoms with Crippen LogP contribution in [0.2, 0.25) is 0 Å². The second kappa shape index (κ2) is 7.55. The first-order valence-corrected chi connectivity index (χ1v) is 9.09. The van der Waals surface area contributed by atoms with Crippen molar-refractivity contribution in [1.82, 2.24) is 4.98 Å². The summed E-state index contributed by atoms with van der Waals surface area (Å²) in [6, 6.07) is 0. The number of aromatic nitrogens is 1. The second-order valence-electron chi connectivity index (χ2n) is 6.51. The fourth-order valence-corrected chi connectivity index (χ4v) is 3.39. The van der Waals surface area contributed by atoms with Crippen LogP contribution in [-0.2, 0) is 27.1 Å². The van der Waals surface area contributed by atoms with E-state index in [-0.39, 0.29) is 30.0 Å². The third-order valence-electron chi connectivity index (χ3n) is 4.41. The molecule has 0 aromatic carbocycles. The Bertz CT molecular complexity index is 498. The number of hydrogen-bond acceptors (Lipinski definition) is 5. The molecule has 1 aromatic heterocycles. The minimum atomic E-state index is -0.182. The molecule has 0 unspecified atom stereocenters. The van der Waals surface area contributed by atoms with E-state index in [2.05, 4.69) is 32.7 Å². The van der Waals surface area contributed by atoms with Crippen LogP contribution in [0.4, 0.5) is 0 Å². The maximum atomic E-state index is 12.1. The minimum absolute atomic E-state index is 0.0455. The van der Waals surface area contributed by atoms with E-state index in [1.54, 1.807) is 11.3 Å². The van der Waals surface area contributed by atoms with E-state index >= 15 is 0 Å². The van der Waals surface area contributed by atoms with Gasteiger partial charge < -0.3 is 9.47 Å². The van der Waals surface area contributed by atoms with Crippen LogP contribution >= 0.6 is 11.3 Å². The van der Waals surface area contributed by atoms with Crippen LogP contribution in [0.1, 0.15) is 57.7 Å². The standard InChI is InChI=1S/C17H27NO3S/c1-5-7-8-20-13-10-14(17(13,3)4)21-16(19)9-12-11-22-15(6-2)18-12/h11,13-14H,5-10H2,1-4H3/t13-,14+/m1/s1. The highest BCUT2D eigenvalue weighted by atomic mass is 32.1. The fraction of sp³-hybridized carbons (Fsp3) is 0.765. The molecule has 0 aliphatic heterocycles. The van der Waals surface area contributed by atoms with Crippen molar-refractivity contribution in [1.29, 1.82) is 0 Å². The van der Waals surface area contributed by atoms with Crippen molar-refractivity contribution in [3.8, 4) is 0 Å². The zero-order chi connectivity index (χ0) is 16.2. The Morgan fingerprint density at radius 2 is 2.18 bits per heavy atom. The molecular weight excluding hydrogens is 298 g/mol. The van der Waals surface area contributed by atoms with Gasteiger partial charge in [-0.1, -0.05) is 34.1 Å². The molecule has 5 heteroatoms. The lowest BCUT2D eigenvalue weighted by Gasteiger charge is -2.50. The predicted octanol–water partition coefficient (Wildman–Crippen LogP) is 3.78. The average Bonchev–Trinajstić information content (AvgIpc) is 2.93. The van der Waals surface area contributed by atoms with Crippen LogP contribution < -0.4 is 0 Å². The Kier molecular flexibility index (Phi) is 5.98. The number of unbranched alkanes of at least 4 members (excludes halogenated alkanes) is 1. The van der Waals surface area contributed by atoms with E-state index in [4.69, 9.17) is 9.47 Å². The summed E-state index contributed by atoms with van der Waals surface area (Å²) in [5.41, 5.74) is 0.722. The lowest BCUT2D eigenvalue weighted by atomic mass is 9.66. The Morgan fingerprint density at radius 1 is 1.41 bits per heavy atom. The average molecular weight is 325 g/mol. The molecule has 4 nitrogen and oxygen atoms in total. The molecule has 2 rings (SSSR count). The molecule has 0 saturated heterocycles. The fourth-order valence-electron chi connectivity index (χ4n) is 2.64. The summed E-state index contributed by atoms with van der Waals surface area (Å²) in [6.07, 6.45) is 4.36. The number of carbonyl (C=O) groups is 1. The van der Waals surface area contributed by atoms with E-state index in [0.717, 1.165) is 43.0 Å². The third kappa shape index (κ3) is 4.07. The first-order chi connectivity index (χ1) is 10.5. The number of hydrogen-bond donors (Lipinski definition) is 0. The third-order valence-corrected chi connectivity index (χ3v) is 5.45. The maximum absolute atomic E-state index is 12.1. The summed E-state index contributed by atoms with van der Waals surface area (Å²) >= 11 is 1.60. The molecule has 1 aliphatic carbocycles. The molecule has 1 aromatic rings. The van der Waals surface area contributed by atoms with Gasteiger partial charge >= 0.3 is 5.97 Å². The number of rotatable bonds is 8. The number of aryl methyl sites for hydroxylation is 1. The molecule has 1 aliphatic rings. The van der Waals surface area contributed by atoms with Gasteiger partial charge in [0.1, 0.15) is 6.10 Å². The summed E-state index contributed by atoms with van der Waals surface area (Å²) in [5, 5.41) is 3.01. The van der Waals surface area contributed by atoms with E-state index in [0.29, 0.717) is 0 Å². The van der Waals surface area contributed by atoms with Crippen molar-refractivity contribution in [3.05, 3.63) is 16.1 Å². The quantitative estimate of drug-likeness (QED) is 0.539. The molecule has 124 valence electrons. The van der Waals surface area contributed by atoms with Crippen molar-refractivity contribution in [2.75, 3.05) is 6.61 Å². The van der Waals surface area contributed by atoms with Gasteiger partial charge in [-0.25, -0.2) is 4.98 Å². The summed E-state index contributed by atoms with van der Waals surface area (Å²) in [7, 11) is 0. The largest absolute Gasteiger partial charge is 0.461 e. The number of esters is 1. The van der Waals surface area contributed by atoms with Crippen molar-refractivity contribution >= 4 is 17.3 Å². The smallest absolute Gasteiger partial charge is 0.312 e. The minimum Gasteiger partial charge on any atom is -0.461 e. The van der Waals surface area contributed by atoms with E-state index in [1.165, 1.54) is 0 Å². The van der Waals surface area contributed by atoms with E-state index < -0.39 is 0 Å². The van der Waals surface area contributed by atoms with Crippen molar-refractivity contribution < 1.29 is 14.3 Å². The van der Waals surface area contributed by atoms with Gasteiger partial charge in [0.2, 0.25) is 0 Å². The Balaban J connectivity index is 1.78. The van der Waals surface area contributed by atoms with Crippen LogP contribution in [0.5, 0.6) is 0 Å². The molecule has 0 bridgehead atoms. The predicted molar refractivity (Wildman–Crippen MR) is 88.1 cm³/mol. The molecule has 2 atom stereocenters. The first kappa shape index (κ1) is 17.4. The van der Waals surface area contributed by atoms with Gasteiger partial charge in [-0.15, -0.1) is 11.3 Å². The Morgan fingerprint density at radius 3 is 2.77 bits per heavy atom. The SMILES string of the molecule is CCCCO[C@@H]1C[C@H](OC(=O)Cc2csc(CC)n2)C1(C)C. The molecule has 0 N–H and O–H groups in total. The van der Waals surface area contributed by atoms with Gasteiger partial charge in [0.15, 0.2) is 0 Å². The number of nitrogens with zero attached hydrogens (tertiary/aromatic N) is 1. The molecular formula is C17H27NO3S. The molecule has 0 amide bonds. The lowest BCUT2D eigenvalue weighted by molar-refractivity contribution is -0.202. The van der Waals surface area contributed by atoms with Gasteiger partial charge in [0.05, 0.1) is 23.2 Å². The van der Waals surface area contributed by atoms with Crippen LogP contribution in [0, 0.1) is 5.41 Å². The second-order valence-corrected chi connectivity index (χ2v) is 7.45.